The Morgan fingerprint density at radius 2 is 2.22 bits per heavy atom. The van der Waals surface area contributed by atoms with Crippen LogP contribution in [0.25, 0.3) is 0 Å². The SMILES string of the molecule is COC(=O)C1=C(CN2CCOC[C@H]2CO)N=C(c2nccs2)NC1(C)c1ccc(F)cc1. The first kappa shape index (κ1) is 22.5. The lowest BCUT2D eigenvalue weighted by Gasteiger charge is -2.40. The number of thiazole rings is 1. The minimum Gasteiger partial charge on any atom is -0.466 e. The number of ether oxygens (including phenoxy) is 2. The lowest BCUT2D eigenvalue weighted by Crippen LogP contribution is -2.53. The number of benzene rings is 1. The second-order valence-electron chi connectivity index (χ2n) is 7.75. The third-order valence-electron chi connectivity index (χ3n) is 5.76. The standard InChI is InChI=1S/C22H25FN4O4S/c1-22(14-3-5-15(23)6-4-14)18(21(29)30-2)17(11-27-8-9-31-13-16(27)12-28)25-19(26-22)20-24-7-10-32-20/h3-7,10,16,28H,8-9,11-13H2,1-2H3,(H,25,26)/t16-,22?/m1/s1. The number of aliphatic imine (C=N–C) groups is 1. The number of nitrogens with zero attached hydrogens (tertiary/aromatic N) is 3. The van der Waals surface area contributed by atoms with Crippen molar-refractivity contribution < 1.29 is 23.8 Å². The number of halogens is 1. The van der Waals surface area contributed by atoms with E-state index in [9.17, 15) is 14.3 Å². The van der Waals surface area contributed by atoms with Crippen LogP contribution in [0.5, 0.6) is 0 Å². The van der Waals surface area contributed by atoms with Gasteiger partial charge in [0.25, 0.3) is 0 Å². The van der Waals surface area contributed by atoms with Gasteiger partial charge in [0.2, 0.25) is 0 Å². The number of esters is 1. The molecule has 0 saturated carbocycles. The molecule has 3 heterocycles. The molecular formula is C22H25FN4O4S. The van der Waals surface area contributed by atoms with Crippen LogP contribution >= 0.6 is 11.3 Å². The lowest BCUT2D eigenvalue weighted by atomic mass is 9.81. The molecule has 1 fully saturated rings. The molecule has 0 spiro atoms. The monoisotopic (exact) mass is 460 g/mol. The summed E-state index contributed by atoms with van der Waals surface area (Å²) in [6.45, 7) is 3.59. The molecule has 2 atom stereocenters. The van der Waals surface area contributed by atoms with E-state index in [1.807, 2.05) is 17.2 Å². The molecule has 2 aliphatic heterocycles. The number of nitrogens with one attached hydrogen (secondary N) is 1. The van der Waals surface area contributed by atoms with E-state index in [1.165, 1.54) is 30.6 Å². The molecule has 1 aromatic heterocycles. The number of amidine groups is 1. The molecule has 2 aliphatic rings. The van der Waals surface area contributed by atoms with Gasteiger partial charge >= 0.3 is 5.97 Å². The number of aliphatic hydroxyl groups excluding tert-OH is 1. The zero-order valence-electron chi connectivity index (χ0n) is 17.9. The molecule has 8 nitrogen and oxygen atoms in total. The number of hydrogen-bond acceptors (Lipinski definition) is 9. The summed E-state index contributed by atoms with van der Waals surface area (Å²) in [5.41, 5.74) is 0.476. The molecule has 1 unspecified atom stereocenters. The van der Waals surface area contributed by atoms with E-state index < -0.39 is 11.5 Å². The molecule has 4 rings (SSSR count). The summed E-state index contributed by atoms with van der Waals surface area (Å²) in [6, 6.07) is 5.78. The van der Waals surface area contributed by atoms with Gasteiger partial charge in [-0.25, -0.2) is 19.2 Å². The van der Waals surface area contributed by atoms with Crippen molar-refractivity contribution in [1.82, 2.24) is 15.2 Å². The van der Waals surface area contributed by atoms with E-state index in [4.69, 9.17) is 14.5 Å². The molecular weight excluding hydrogens is 435 g/mol. The smallest absolute Gasteiger partial charge is 0.338 e. The summed E-state index contributed by atoms with van der Waals surface area (Å²) in [4.78, 5) is 24.2. The normalized spacial score (nSPS) is 24.1. The second kappa shape index (κ2) is 9.45. The van der Waals surface area contributed by atoms with Crippen LogP contribution in [0.2, 0.25) is 0 Å². The zero-order chi connectivity index (χ0) is 22.7. The molecule has 0 amide bonds. The van der Waals surface area contributed by atoms with Crippen LogP contribution in [-0.2, 0) is 19.8 Å². The Morgan fingerprint density at radius 3 is 2.88 bits per heavy atom. The van der Waals surface area contributed by atoms with Gasteiger partial charge in [0.1, 0.15) is 5.82 Å². The van der Waals surface area contributed by atoms with E-state index in [0.29, 0.717) is 54.0 Å². The minimum absolute atomic E-state index is 0.0721. The largest absolute Gasteiger partial charge is 0.466 e. The molecule has 32 heavy (non-hydrogen) atoms. The number of methoxy groups -OCH3 is 1. The van der Waals surface area contributed by atoms with Gasteiger partial charge in [-0.05, 0) is 24.6 Å². The van der Waals surface area contributed by atoms with E-state index in [2.05, 4.69) is 10.3 Å². The van der Waals surface area contributed by atoms with Crippen molar-refractivity contribution in [3.8, 4) is 0 Å². The average molecular weight is 461 g/mol. The number of aromatic nitrogens is 1. The fraction of sp³-hybridized carbons (Fsp3) is 0.409. The quantitative estimate of drug-likeness (QED) is 0.633. The minimum atomic E-state index is -1.04. The fourth-order valence-electron chi connectivity index (χ4n) is 4.04. The van der Waals surface area contributed by atoms with Crippen LogP contribution < -0.4 is 5.32 Å². The highest BCUT2D eigenvalue weighted by molar-refractivity contribution is 7.11. The maximum Gasteiger partial charge on any atom is 0.338 e. The fourth-order valence-corrected chi connectivity index (χ4v) is 4.63. The molecule has 0 radical (unpaired) electrons. The maximum absolute atomic E-state index is 13.7. The van der Waals surface area contributed by atoms with Crippen LogP contribution in [-0.4, -0.2) is 72.9 Å². The first-order valence-corrected chi connectivity index (χ1v) is 11.1. The predicted molar refractivity (Wildman–Crippen MR) is 118 cm³/mol. The van der Waals surface area contributed by atoms with Crippen molar-refractivity contribution in [2.75, 3.05) is 40.0 Å². The Morgan fingerprint density at radius 1 is 1.44 bits per heavy atom. The van der Waals surface area contributed by atoms with Crippen molar-refractivity contribution in [2.45, 2.75) is 18.5 Å². The first-order chi connectivity index (χ1) is 15.5. The van der Waals surface area contributed by atoms with Crippen molar-refractivity contribution in [2.24, 2.45) is 4.99 Å². The predicted octanol–water partition coefficient (Wildman–Crippen LogP) is 1.67. The lowest BCUT2D eigenvalue weighted by molar-refractivity contribution is -0.137. The summed E-state index contributed by atoms with van der Waals surface area (Å²) in [7, 11) is 1.32. The highest BCUT2D eigenvalue weighted by atomic mass is 32.1. The highest BCUT2D eigenvalue weighted by Gasteiger charge is 2.43. The van der Waals surface area contributed by atoms with Crippen LogP contribution in [0.4, 0.5) is 4.39 Å². The number of morpholine rings is 1. The van der Waals surface area contributed by atoms with Crippen LogP contribution in [0, 0.1) is 5.82 Å². The third-order valence-corrected chi connectivity index (χ3v) is 6.54. The Balaban J connectivity index is 1.86. The van der Waals surface area contributed by atoms with Crippen LogP contribution in [0.15, 0.2) is 52.1 Å². The summed E-state index contributed by atoms with van der Waals surface area (Å²) < 4.78 is 24.3. The van der Waals surface area contributed by atoms with E-state index in [1.54, 1.807) is 18.3 Å². The highest BCUT2D eigenvalue weighted by Crippen LogP contribution is 2.37. The number of rotatable bonds is 6. The molecule has 170 valence electrons. The van der Waals surface area contributed by atoms with Crippen molar-refractivity contribution in [3.05, 3.63) is 63.5 Å². The zero-order valence-corrected chi connectivity index (χ0v) is 18.7. The van der Waals surface area contributed by atoms with Crippen molar-refractivity contribution >= 4 is 23.1 Å². The van der Waals surface area contributed by atoms with Gasteiger partial charge in [0, 0.05) is 24.7 Å². The molecule has 0 bridgehead atoms. The Hall–Kier alpha value is -2.66. The molecule has 1 saturated heterocycles. The number of carbonyl (C=O) groups is 1. The summed E-state index contributed by atoms with van der Waals surface area (Å²) in [5.74, 6) is -0.386. The maximum atomic E-state index is 13.7. The van der Waals surface area contributed by atoms with Gasteiger partial charge in [-0.2, -0.15) is 0 Å². The number of hydrogen-bond donors (Lipinski definition) is 2. The third kappa shape index (κ3) is 4.31. The van der Waals surface area contributed by atoms with Crippen LogP contribution in [0.3, 0.4) is 0 Å². The van der Waals surface area contributed by atoms with Gasteiger partial charge in [-0.1, -0.05) is 12.1 Å². The first-order valence-electron chi connectivity index (χ1n) is 10.2. The molecule has 10 heteroatoms. The van der Waals surface area contributed by atoms with Crippen molar-refractivity contribution in [3.63, 3.8) is 0 Å². The summed E-state index contributed by atoms with van der Waals surface area (Å²) in [6.07, 6.45) is 1.68. The summed E-state index contributed by atoms with van der Waals surface area (Å²) in [5, 5.41) is 15.7. The van der Waals surface area contributed by atoms with Gasteiger partial charge in [-0.15, -0.1) is 11.3 Å². The summed E-state index contributed by atoms with van der Waals surface area (Å²) >= 11 is 1.42. The van der Waals surface area contributed by atoms with E-state index in [-0.39, 0.29) is 18.5 Å². The molecule has 2 aromatic rings. The van der Waals surface area contributed by atoms with E-state index >= 15 is 0 Å². The Labute approximate surface area is 189 Å². The van der Waals surface area contributed by atoms with Crippen molar-refractivity contribution in [1.29, 1.82) is 0 Å². The molecule has 0 aliphatic carbocycles. The van der Waals surface area contributed by atoms with E-state index in [0.717, 1.165) is 0 Å². The van der Waals surface area contributed by atoms with Gasteiger partial charge in [0.15, 0.2) is 10.8 Å². The van der Waals surface area contributed by atoms with Gasteiger partial charge < -0.3 is 19.9 Å². The number of carbonyl (C=O) groups excluding carboxylic acids is 1. The molecule has 1 aromatic carbocycles. The number of aliphatic hydroxyl groups is 1. The second-order valence-corrected chi connectivity index (χ2v) is 8.64. The topological polar surface area (TPSA) is 96.3 Å². The van der Waals surface area contributed by atoms with Gasteiger partial charge in [-0.3, -0.25) is 4.90 Å². The average Bonchev–Trinajstić information content (AvgIpc) is 3.34. The Bertz CT molecular complexity index is 1030. The van der Waals surface area contributed by atoms with Crippen LogP contribution in [0.1, 0.15) is 17.5 Å². The molecule has 2 N–H and O–H groups in total. The van der Waals surface area contributed by atoms with Gasteiger partial charge in [0.05, 0.1) is 49.8 Å². The Kier molecular flexibility index (Phi) is 6.66.